The Labute approximate surface area is 127 Å². The molecule has 0 N–H and O–H groups in total. The van der Waals surface area contributed by atoms with Gasteiger partial charge in [0.2, 0.25) is 0 Å². The molecule has 0 saturated heterocycles. The van der Waals surface area contributed by atoms with Gasteiger partial charge in [0.05, 0.1) is 13.2 Å². The summed E-state index contributed by atoms with van der Waals surface area (Å²) in [5.41, 5.74) is 0. The Kier molecular flexibility index (Phi) is 11.5. The highest BCUT2D eigenvalue weighted by Gasteiger charge is 2.23. The van der Waals surface area contributed by atoms with Crippen LogP contribution < -0.4 is 0 Å². The Morgan fingerprint density at radius 3 is 2.00 bits per heavy atom. The Bertz CT molecular complexity index is 325. The van der Waals surface area contributed by atoms with Crippen molar-refractivity contribution in [3.63, 3.8) is 0 Å². The zero-order valence-corrected chi connectivity index (χ0v) is 13.5. The lowest BCUT2D eigenvalue weighted by molar-refractivity contribution is -0.151. The van der Waals surface area contributed by atoms with E-state index < -0.39 is 11.9 Å². The van der Waals surface area contributed by atoms with Gasteiger partial charge in [0.1, 0.15) is 11.7 Å². The number of carbonyl (C=O) groups is 3. The number of unbranched alkanes of at least 4 members (excludes halogenated alkanes) is 4. The molecule has 0 heterocycles. The zero-order chi connectivity index (χ0) is 16.1. The van der Waals surface area contributed by atoms with Gasteiger partial charge in [-0.1, -0.05) is 25.7 Å². The van der Waals surface area contributed by atoms with Crippen LogP contribution in [-0.2, 0) is 23.9 Å². The molecule has 1 atom stereocenters. The number of esters is 2. The van der Waals surface area contributed by atoms with Crippen molar-refractivity contribution in [2.24, 2.45) is 5.92 Å². The Balaban J connectivity index is 3.70. The number of ketones is 1. The number of hydrogen-bond donors (Lipinski definition) is 0. The van der Waals surface area contributed by atoms with Crippen molar-refractivity contribution in [1.29, 1.82) is 0 Å². The van der Waals surface area contributed by atoms with Crippen molar-refractivity contribution in [2.45, 2.75) is 65.7 Å². The minimum Gasteiger partial charge on any atom is -0.466 e. The van der Waals surface area contributed by atoms with Crippen molar-refractivity contribution < 1.29 is 23.9 Å². The lowest BCUT2D eigenvalue weighted by Crippen LogP contribution is -2.24. The van der Waals surface area contributed by atoms with Crippen molar-refractivity contribution in [2.75, 3.05) is 13.2 Å². The highest BCUT2D eigenvalue weighted by atomic mass is 16.5. The van der Waals surface area contributed by atoms with Gasteiger partial charge >= 0.3 is 11.9 Å². The fourth-order valence-electron chi connectivity index (χ4n) is 2.11. The molecule has 0 saturated carbocycles. The van der Waals surface area contributed by atoms with E-state index in [4.69, 9.17) is 9.47 Å². The van der Waals surface area contributed by atoms with Gasteiger partial charge in [-0.05, 0) is 33.6 Å². The molecule has 0 aliphatic rings. The summed E-state index contributed by atoms with van der Waals surface area (Å²) in [7, 11) is 0. The third-order valence-corrected chi connectivity index (χ3v) is 3.24. The predicted octanol–water partition coefficient (Wildman–Crippen LogP) is 3.05. The van der Waals surface area contributed by atoms with Crippen molar-refractivity contribution in [1.82, 2.24) is 0 Å². The summed E-state index contributed by atoms with van der Waals surface area (Å²) in [6, 6.07) is 0. The standard InChI is InChI=1S/C16H28O5/c1-4-20-15(18)12-10-8-6-7-9-11-14(13(3)17)16(19)21-5-2/h14H,4-12H2,1-3H3. The summed E-state index contributed by atoms with van der Waals surface area (Å²) >= 11 is 0. The molecule has 0 radical (unpaired) electrons. The Morgan fingerprint density at radius 1 is 0.857 bits per heavy atom. The summed E-state index contributed by atoms with van der Waals surface area (Å²) in [6.07, 6.45) is 5.57. The Morgan fingerprint density at radius 2 is 1.43 bits per heavy atom. The smallest absolute Gasteiger partial charge is 0.316 e. The average Bonchev–Trinajstić information content (AvgIpc) is 2.41. The molecule has 0 spiro atoms. The van der Waals surface area contributed by atoms with Crippen molar-refractivity contribution >= 4 is 17.7 Å². The molecule has 0 aliphatic heterocycles. The number of ether oxygens (including phenoxy) is 2. The Hall–Kier alpha value is -1.39. The van der Waals surface area contributed by atoms with Crippen LogP contribution in [0.15, 0.2) is 0 Å². The minimum absolute atomic E-state index is 0.129. The van der Waals surface area contributed by atoms with E-state index in [9.17, 15) is 14.4 Å². The SMILES string of the molecule is CCOC(=O)CCCCCCCC(C(C)=O)C(=O)OCC. The predicted molar refractivity (Wildman–Crippen MR) is 79.8 cm³/mol. The summed E-state index contributed by atoms with van der Waals surface area (Å²) in [6.45, 7) is 5.70. The van der Waals surface area contributed by atoms with Crippen molar-refractivity contribution in [3.05, 3.63) is 0 Å². The molecule has 0 aromatic rings. The quantitative estimate of drug-likeness (QED) is 0.315. The summed E-state index contributed by atoms with van der Waals surface area (Å²) < 4.78 is 9.75. The van der Waals surface area contributed by atoms with Crippen LogP contribution >= 0.6 is 0 Å². The summed E-state index contributed by atoms with van der Waals surface area (Å²) in [5, 5.41) is 0. The fraction of sp³-hybridized carbons (Fsp3) is 0.812. The maximum atomic E-state index is 11.6. The van der Waals surface area contributed by atoms with Gasteiger partial charge in [-0.15, -0.1) is 0 Å². The first kappa shape index (κ1) is 19.6. The largest absolute Gasteiger partial charge is 0.466 e. The minimum atomic E-state index is -0.621. The first-order valence-corrected chi connectivity index (χ1v) is 7.85. The van der Waals surface area contributed by atoms with Crippen LogP contribution in [-0.4, -0.2) is 30.9 Å². The molecule has 122 valence electrons. The van der Waals surface area contributed by atoms with E-state index in [0.717, 1.165) is 32.1 Å². The second-order valence-corrected chi connectivity index (χ2v) is 5.03. The van der Waals surface area contributed by atoms with Gasteiger partial charge in [-0.3, -0.25) is 14.4 Å². The van der Waals surface area contributed by atoms with Gasteiger partial charge in [0.25, 0.3) is 0 Å². The van der Waals surface area contributed by atoms with E-state index in [1.54, 1.807) is 13.8 Å². The van der Waals surface area contributed by atoms with E-state index >= 15 is 0 Å². The van der Waals surface area contributed by atoms with E-state index in [1.807, 2.05) is 0 Å². The molecular weight excluding hydrogens is 272 g/mol. The molecule has 5 nitrogen and oxygen atoms in total. The van der Waals surface area contributed by atoms with Crippen molar-refractivity contribution in [3.8, 4) is 0 Å². The van der Waals surface area contributed by atoms with E-state index in [2.05, 4.69) is 0 Å². The van der Waals surface area contributed by atoms with Crippen LogP contribution in [0.25, 0.3) is 0 Å². The molecule has 0 bridgehead atoms. The van der Waals surface area contributed by atoms with Gasteiger partial charge in [0, 0.05) is 6.42 Å². The van der Waals surface area contributed by atoms with Crippen LogP contribution in [0.1, 0.15) is 65.7 Å². The molecule has 0 aromatic carbocycles. The molecule has 0 aromatic heterocycles. The van der Waals surface area contributed by atoms with E-state index in [-0.39, 0.29) is 11.8 Å². The molecule has 0 rings (SSSR count). The number of rotatable bonds is 12. The monoisotopic (exact) mass is 300 g/mol. The van der Waals surface area contributed by atoms with Crippen LogP contribution in [0.2, 0.25) is 0 Å². The number of hydrogen-bond acceptors (Lipinski definition) is 5. The molecule has 0 fully saturated rings. The van der Waals surface area contributed by atoms with Gasteiger partial charge in [-0.25, -0.2) is 0 Å². The highest BCUT2D eigenvalue weighted by Crippen LogP contribution is 2.15. The van der Waals surface area contributed by atoms with Gasteiger partial charge in [0.15, 0.2) is 0 Å². The van der Waals surface area contributed by atoms with Gasteiger partial charge in [-0.2, -0.15) is 0 Å². The highest BCUT2D eigenvalue weighted by molar-refractivity contribution is 5.97. The number of carbonyl (C=O) groups excluding carboxylic acids is 3. The van der Waals surface area contributed by atoms with Gasteiger partial charge < -0.3 is 9.47 Å². The molecular formula is C16H28O5. The molecule has 21 heavy (non-hydrogen) atoms. The third-order valence-electron chi connectivity index (χ3n) is 3.24. The molecule has 5 heteroatoms. The van der Waals surface area contributed by atoms with E-state index in [0.29, 0.717) is 26.1 Å². The van der Waals surface area contributed by atoms with Crippen LogP contribution in [0.3, 0.4) is 0 Å². The lowest BCUT2D eigenvalue weighted by atomic mass is 9.97. The van der Waals surface area contributed by atoms with E-state index in [1.165, 1.54) is 6.92 Å². The average molecular weight is 300 g/mol. The first-order chi connectivity index (χ1) is 10.0. The topological polar surface area (TPSA) is 69.7 Å². The maximum absolute atomic E-state index is 11.6. The summed E-state index contributed by atoms with van der Waals surface area (Å²) in [5.74, 6) is -1.30. The van der Waals surface area contributed by atoms with Crippen LogP contribution in [0.4, 0.5) is 0 Å². The summed E-state index contributed by atoms with van der Waals surface area (Å²) in [4.78, 5) is 34.1. The fourth-order valence-corrected chi connectivity index (χ4v) is 2.11. The normalized spacial score (nSPS) is 11.8. The molecule has 0 aliphatic carbocycles. The third kappa shape index (κ3) is 10.0. The zero-order valence-electron chi connectivity index (χ0n) is 13.5. The first-order valence-electron chi connectivity index (χ1n) is 7.85. The lowest BCUT2D eigenvalue weighted by Gasteiger charge is -2.12. The molecule has 0 amide bonds. The molecule has 1 unspecified atom stereocenters. The number of Topliss-reactive ketones (excluding diaryl/α,β-unsaturated/α-hetero) is 1. The van der Waals surface area contributed by atoms with Crippen LogP contribution in [0, 0.1) is 5.92 Å². The maximum Gasteiger partial charge on any atom is 0.316 e. The second kappa shape index (κ2) is 12.4. The van der Waals surface area contributed by atoms with Crippen LogP contribution in [0.5, 0.6) is 0 Å². The second-order valence-electron chi connectivity index (χ2n) is 5.03.